The monoisotopic (exact) mass is 277 g/mol. The van der Waals surface area contributed by atoms with E-state index in [0.717, 1.165) is 44.7 Å². The van der Waals surface area contributed by atoms with Gasteiger partial charge >= 0.3 is 0 Å². The Morgan fingerprint density at radius 3 is 2.30 bits per heavy atom. The summed E-state index contributed by atoms with van der Waals surface area (Å²) >= 11 is 0. The molecule has 2 rings (SSSR count). The molecule has 1 saturated heterocycles. The number of benzene rings is 1. The average Bonchev–Trinajstić information content (AvgIpc) is 2.71. The highest BCUT2D eigenvalue weighted by molar-refractivity contribution is 5.21. The van der Waals surface area contributed by atoms with Gasteiger partial charge < -0.3 is 15.7 Å². The molecule has 4 heteroatoms. The predicted octanol–water partition coefficient (Wildman–Crippen LogP) is 1.04. The van der Waals surface area contributed by atoms with Crippen molar-refractivity contribution in [2.75, 3.05) is 39.3 Å². The molecule has 0 amide bonds. The first-order valence-corrected chi connectivity index (χ1v) is 7.65. The summed E-state index contributed by atoms with van der Waals surface area (Å²) < 4.78 is 0. The molecule has 0 saturated carbocycles. The van der Waals surface area contributed by atoms with Crippen LogP contribution in [0.15, 0.2) is 24.3 Å². The molecule has 4 nitrogen and oxygen atoms in total. The van der Waals surface area contributed by atoms with Crippen LogP contribution < -0.4 is 5.73 Å². The van der Waals surface area contributed by atoms with Crippen LogP contribution in [-0.2, 0) is 13.2 Å². The molecule has 0 aliphatic carbocycles. The summed E-state index contributed by atoms with van der Waals surface area (Å²) in [5.74, 6) is 0. The van der Waals surface area contributed by atoms with Gasteiger partial charge in [-0.15, -0.1) is 0 Å². The van der Waals surface area contributed by atoms with Crippen LogP contribution in [0, 0.1) is 0 Å². The third-order valence-corrected chi connectivity index (χ3v) is 3.97. The van der Waals surface area contributed by atoms with E-state index in [1.165, 1.54) is 25.1 Å². The fourth-order valence-electron chi connectivity index (χ4n) is 2.73. The lowest BCUT2D eigenvalue weighted by atomic mass is 10.1. The number of nitrogens with two attached hydrogens (primary N) is 1. The summed E-state index contributed by atoms with van der Waals surface area (Å²) in [5, 5.41) is 9.06. The third-order valence-electron chi connectivity index (χ3n) is 3.97. The summed E-state index contributed by atoms with van der Waals surface area (Å²) in [6.07, 6.45) is 2.34. The fourth-order valence-corrected chi connectivity index (χ4v) is 2.73. The third kappa shape index (κ3) is 4.87. The van der Waals surface area contributed by atoms with Gasteiger partial charge in [-0.05, 0) is 50.1 Å². The lowest BCUT2D eigenvalue weighted by Gasteiger charge is -2.21. The molecule has 1 aliphatic heterocycles. The molecule has 1 aliphatic rings. The maximum atomic E-state index is 9.06. The maximum Gasteiger partial charge on any atom is 0.0681 e. The molecule has 1 fully saturated rings. The molecule has 0 aromatic heterocycles. The van der Waals surface area contributed by atoms with Crippen molar-refractivity contribution in [3.8, 4) is 0 Å². The molecule has 0 atom stereocenters. The molecule has 0 spiro atoms. The van der Waals surface area contributed by atoms with Crippen molar-refractivity contribution in [2.45, 2.75) is 26.0 Å². The van der Waals surface area contributed by atoms with Crippen LogP contribution in [0.4, 0.5) is 0 Å². The SMILES string of the molecule is NCCCN1CCCN(Cc2ccc(CO)cc2)CC1. The highest BCUT2D eigenvalue weighted by Gasteiger charge is 2.14. The number of rotatable bonds is 6. The fraction of sp³-hybridized carbons (Fsp3) is 0.625. The Hall–Kier alpha value is -0.940. The van der Waals surface area contributed by atoms with Crippen LogP contribution in [0.25, 0.3) is 0 Å². The van der Waals surface area contributed by atoms with Gasteiger partial charge in [-0.2, -0.15) is 0 Å². The highest BCUT2D eigenvalue weighted by atomic mass is 16.3. The summed E-state index contributed by atoms with van der Waals surface area (Å²) in [7, 11) is 0. The minimum absolute atomic E-state index is 0.125. The molecule has 0 unspecified atom stereocenters. The van der Waals surface area contributed by atoms with Gasteiger partial charge in [-0.3, -0.25) is 4.90 Å². The van der Waals surface area contributed by atoms with Crippen molar-refractivity contribution in [1.82, 2.24) is 9.80 Å². The van der Waals surface area contributed by atoms with Crippen LogP contribution in [-0.4, -0.2) is 54.2 Å². The van der Waals surface area contributed by atoms with Crippen LogP contribution in [0.2, 0.25) is 0 Å². The molecule has 0 radical (unpaired) electrons. The van der Waals surface area contributed by atoms with Gasteiger partial charge in [0.25, 0.3) is 0 Å². The van der Waals surface area contributed by atoms with E-state index < -0.39 is 0 Å². The van der Waals surface area contributed by atoms with E-state index >= 15 is 0 Å². The smallest absolute Gasteiger partial charge is 0.0681 e. The molecular formula is C16H27N3O. The summed E-state index contributed by atoms with van der Waals surface area (Å²) in [5.41, 5.74) is 7.90. The predicted molar refractivity (Wildman–Crippen MR) is 82.4 cm³/mol. The molecule has 1 heterocycles. The number of aliphatic hydroxyl groups is 1. The second-order valence-corrected chi connectivity index (χ2v) is 5.59. The van der Waals surface area contributed by atoms with Gasteiger partial charge in [-0.1, -0.05) is 24.3 Å². The van der Waals surface area contributed by atoms with E-state index in [1.807, 2.05) is 12.1 Å². The normalized spacial score (nSPS) is 18.1. The summed E-state index contributed by atoms with van der Waals surface area (Å²) in [6, 6.07) is 8.28. The van der Waals surface area contributed by atoms with E-state index in [9.17, 15) is 0 Å². The maximum absolute atomic E-state index is 9.06. The van der Waals surface area contributed by atoms with E-state index in [0.29, 0.717) is 0 Å². The Balaban J connectivity index is 1.81. The van der Waals surface area contributed by atoms with E-state index in [-0.39, 0.29) is 6.61 Å². The molecular weight excluding hydrogens is 250 g/mol. The number of nitrogens with zero attached hydrogens (tertiary/aromatic N) is 2. The largest absolute Gasteiger partial charge is 0.392 e. The van der Waals surface area contributed by atoms with Crippen molar-refractivity contribution < 1.29 is 5.11 Å². The van der Waals surface area contributed by atoms with Gasteiger partial charge in [0.2, 0.25) is 0 Å². The quantitative estimate of drug-likeness (QED) is 0.815. The minimum Gasteiger partial charge on any atom is -0.392 e. The van der Waals surface area contributed by atoms with Gasteiger partial charge in [0.15, 0.2) is 0 Å². The topological polar surface area (TPSA) is 52.7 Å². The summed E-state index contributed by atoms with van der Waals surface area (Å²) in [4.78, 5) is 5.05. The van der Waals surface area contributed by atoms with Gasteiger partial charge in [0.1, 0.15) is 0 Å². The molecule has 112 valence electrons. The van der Waals surface area contributed by atoms with Crippen LogP contribution in [0.1, 0.15) is 24.0 Å². The first-order chi connectivity index (χ1) is 9.81. The standard InChI is InChI=1S/C16H27N3O/c17-7-1-8-18-9-2-10-19(12-11-18)13-15-3-5-16(14-20)6-4-15/h3-6,20H,1-2,7-14,17H2. The average molecular weight is 277 g/mol. The second kappa shape index (κ2) is 8.37. The van der Waals surface area contributed by atoms with Crippen LogP contribution in [0.3, 0.4) is 0 Å². The van der Waals surface area contributed by atoms with Crippen molar-refractivity contribution in [1.29, 1.82) is 0 Å². The Kier molecular flexibility index (Phi) is 6.47. The first-order valence-electron chi connectivity index (χ1n) is 7.65. The Morgan fingerprint density at radius 2 is 1.60 bits per heavy atom. The van der Waals surface area contributed by atoms with Gasteiger partial charge in [0, 0.05) is 19.6 Å². The Morgan fingerprint density at radius 1 is 0.950 bits per heavy atom. The van der Waals surface area contributed by atoms with Crippen molar-refractivity contribution in [3.63, 3.8) is 0 Å². The molecule has 20 heavy (non-hydrogen) atoms. The van der Waals surface area contributed by atoms with Crippen LogP contribution in [0.5, 0.6) is 0 Å². The zero-order valence-corrected chi connectivity index (χ0v) is 12.3. The lowest BCUT2D eigenvalue weighted by molar-refractivity contribution is 0.250. The number of hydrogen-bond donors (Lipinski definition) is 2. The van der Waals surface area contributed by atoms with Crippen molar-refractivity contribution >= 4 is 0 Å². The van der Waals surface area contributed by atoms with Gasteiger partial charge in [0.05, 0.1) is 6.61 Å². The van der Waals surface area contributed by atoms with E-state index in [4.69, 9.17) is 10.8 Å². The van der Waals surface area contributed by atoms with Crippen molar-refractivity contribution in [3.05, 3.63) is 35.4 Å². The number of hydrogen-bond acceptors (Lipinski definition) is 4. The zero-order valence-electron chi connectivity index (χ0n) is 12.3. The first kappa shape index (κ1) is 15.4. The molecule has 1 aromatic rings. The highest BCUT2D eigenvalue weighted by Crippen LogP contribution is 2.10. The molecule has 1 aromatic carbocycles. The Labute approximate surface area is 122 Å². The lowest BCUT2D eigenvalue weighted by Crippen LogP contribution is -2.31. The van der Waals surface area contributed by atoms with E-state index in [2.05, 4.69) is 21.9 Å². The van der Waals surface area contributed by atoms with Crippen molar-refractivity contribution in [2.24, 2.45) is 5.73 Å². The van der Waals surface area contributed by atoms with Crippen LogP contribution >= 0.6 is 0 Å². The Bertz CT molecular complexity index is 380. The molecule has 3 N–H and O–H groups in total. The molecule has 0 bridgehead atoms. The van der Waals surface area contributed by atoms with Gasteiger partial charge in [-0.25, -0.2) is 0 Å². The number of aliphatic hydroxyl groups excluding tert-OH is 1. The zero-order chi connectivity index (χ0) is 14.2. The minimum atomic E-state index is 0.125. The summed E-state index contributed by atoms with van der Waals surface area (Å²) in [6.45, 7) is 7.70. The second-order valence-electron chi connectivity index (χ2n) is 5.59. The van der Waals surface area contributed by atoms with E-state index in [1.54, 1.807) is 0 Å².